The maximum atomic E-state index is 12.3. The monoisotopic (exact) mass is 375 g/mol. The van der Waals surface area contributed by atoms with E-state index in [-0.39, 0.29) is 5.91 Å². The second kappa shape index (κ2) is 7.64. The van der Waals surface area contributed by atoms with Crippen molar-refractivity contribution in [2.24, 2.45) is 0 Å². The number of carbonyl (C=O) groups is 1. The first-order valence-corrected chi connectivity index (χ1v) is 8.49. The maximum Gasteiger partial charge on any atom is 0.265 e. The Morgan fingerprint density at radius 1 is 1.13 bits per heavy atom. The number of carbonyl (C=O) groups excluding carboxylic acids is 1. The third kappa shape index (κ3) is 4.83. The fourth-order valence-electron chi connectivity index (χ4n) is 2.27. The first-order valence-electron chi connectivity index (χ1n) is 7.70. The molecule has 0 aliphatic rings. The average Bonchev–Trinajstić information content (AvgIpc) is 2.46. The molecule has 1 N–H and O–H groups in total. The molecular formula is C19H22BrNO2. The van der Waals surface area contributed by atoms with Gasteiger partial charge in [0.2, 0.25) is 0 Å². The van der Waals surface area contributed by atoms with Crippen molar-refractivity contribution in [2.75, 3.05) is 5.32 Å². The molecule has 0 bridgehead atoms. The summed E-state index contributed by atoms with van der Waals surface area (Å²) < 4.78 is 6.85. The van der Waals surface area contributed by atoms with E-state index in [0.29, 0.717) is 5.92 Å². The molecule has 4 heteroatoms. The van der Waals surface area contributed by atoms with E-state index in [1.807, 2.05) is 37.3 Å². The fourth-order valence-corrected chi connectivity index (χ4v) is 2.67. The van der Waals surface area contributed by atoms with Gasteiger partial charge in [0, 0.05) is 10.2 Å². The molecule has 1 atom stereocenters. The number of hydrogen-bond acceptors (Lipinski definition) is 2. The summed E-state index contributed by atoms with van der Waals surface area (Å²) in [7, 11) is 0. The fraction of sp³-hybridized carbons (Fsp3) is 0.316. The van der Waals surface area contributed by atoms with Crippen LogP contribution in [0.2, 0.25) is 0 Å². The van der Waals surface area contributed by atoms with E-state index in [1.54, 1.807) is 6.92 Å². The number of halogens is 1. The third-order valence-corrected chi connectivity index (χ3v) is 4.05. The lowest BCUT2D eigenvalue weighted by Gasteiger charge is -2.19. The number of nitrogens with one attached hydrogen (secondary N) is 1. The number of hydrogen-bond donors (Lipinski definition) is 1. The first kappa shape index (κ1) is 17.5. The van der Waals surface area contributed by atoms with Gasteiger partial charge in [-0.15, -0.1) is 0 Å². The maximum absolute atomic E-state index is 12.3. The third-order valence-electron chi connectivity index (χ3n) is 3.56. The molecule has 0 radical (unpaired) electrons. The van der Waals surface area contributed by atoms with E-state index in [1.165, 1.54) is 0 Å². The van der Waals surface area contributed by atoms with Crippen LogP contribution in [-0.4, -0.2) is 12.0 Å². The highest BCUT2D eigenvalue weighted by atomic mass is 79.9. The molecule has 0 heterocycles. The van der Waals surface area contributed by atoms with Gasteiger partial charge in [-0.25, -0.2) is 0 Å². The summed E-state index contributed by atoms with van der Waals surface area (Å²) in [5.74, 6) is 0.946. The van der Waals surface area contributed by atoms with Crippen molar-refractivity contribution in [1.82, 2.24) is 0 Å². The van der Waals surface area contributed by atoms with Crippen LogP contribution in [0.25, 0.3) is 0 Å². The molecule has 2 rings (SSSR count). The summed E-state index contributed by atoms with van der Waals surface area (Å²) in [4.78, 5) is 12.3. The van der Waals surface area contributed by atoms with E-state index < -0.39 is 6.10 Å². The van der Waals surface area contributed by atoms with Crippen LogP contribution in [0, 0.1) is 6.92 Å². The lowest BCUT2D eigenvalue weighted by atomic mass is 10.0. The highest BCUT2D eigenvalue weighted by molar-refractivity contribution is 9.10. The predicted molar refractivity (Wildman–Crippen MR) is 98.1 cm³/mol. The minimum atomic E-state index is -0.576. The smallest absolute Gasteiger partial charge is 0.265 e. The van der Waals surface area contributed by atoms with Crippen molar-refractivity contribution in [3.05, 3.63) is 58.1 Å². The Hall–Kier alpha value is -1.81. The van der Waals surface area contributed by atoms with E-state index in [2.05, 4.69) is 47.2 Å². The number of rotatable bonds is 5. The summed E-state index contributed by atoms with van der Waals surface area (Å²) >= 11 is 3.39. The van der Waals surface area contributed by atoms with Gasteiger partial charge in [0.25, 0.3) is 5.91 Å². The number of aryl methyl sites for hydroxylation is 1. The number of anilines is 1. The van der Waals surface area contributed by atoms with Gasteiger partial charge in [0.1, 0.15) is 5.75 Å². The molecule has 3 nitrogen and oxygen atoms in total. The van der Waals surface area contributed by atoms with Crippen LogP contribution >= 0.6 is 15.9 Å². The van der Waals surface area contributed by atoms with Crippen molar-refractivity contribution in [3.63, 3.8) is 0 Å². The average molecular weight is 376 g/mol. The molecule has 1 amide bonds. The Balaban J connectivity index is 2.11. The molecule has 0 aliphatic carbocycles. The Morgan fingerprint density at radius 2 is 1.87 bits per heavy atom. The minimum absolute atomic E-state index is 0.167. The van der Waals surface area contributed by atoms with Crippen LogP contribution in [0.1, 0.15) is 37.8 Å². The normalized spacial score (nSPS) is 12.1. The molecule has 2 aromatic carbocycles. The zero-order valence-electron chi connectivity index (χ0n) is 13.9. The molecule has 2 aromatic rings. The molecule has 122 valence electrons. The van der Waals surface area contributed by atoms with Crippen molar-refractivity contribution in [2.45, 2.75) is 39.7 Å². The van der Waals surface area contributed by atoms with Gasteiger partial charge >= 0.3 is 0 Å². The van der Waals surface area contributed by atoms with Gasteiger partial charge in [-0.1, -0.05) is 48.0 Å². The molecule has 0 unspecified atom stereocenters. The molecule has 0 fully saturated rings. The molecule has 0 spiro atoms. The largest absolute Gasteiger partial charge is 0.481 e. The van der Waals surface area contributed by atoms with E-state index >= 15 is 0 Å². The lowest BCUT2D eigenvalue weighted by molar-refractivity contribution is -0.122. The molecule has 0 saturated carbocycles. The number of benzene rings is 2. The van der Waals surface area contributed by atoms with Crippen molar-refractivity contribution in [3.8, 4) is 5.75 Å². The predicted octanol–water partition coefficient (Wildman–Crippen LogP) is 5.29. The summed E-state index contributed by atoms with van der Waals surface area (Å²) in [6.45, 7) is 8.01. The Morgan fingerprint density at radius 3 is 2.52 bits per heavy atom. The van der Waals surface area contributed by atoms with E-state index in [4.69, 9.17) is 4.74 Å². The summed E-state index contributed by atoms with van der Waals surface area (Å²) in [6, 6.07) is 13.6. The number of amides is 1. The Kier molecular flexibility index (Phi) is 5.83. The molecule has 0 aliphatic heterocycles. The van der Waals surface area contributed by atoms with Gasteiger partial charge in [-0.3, -0.25) is 4.79 Å². The van der Waals surface area contributed by atoms with Gasteiger partial charge < -0.3 is 10.1 Å². The standard InChI is InChI=1S/C19H22BrNO2/c1-12(2)17-9-8-13(3)10-18(17)23-14(4)19(22)21-16-7-5-6-15(20)11-16/h5-12,14H,1-4H3,(H,21,22)/t14-/m0/s1. The molecular weight excluding hydrogens is 354 g/mol. The Labute approximate surface area is 146 Å². The van der Waals surface area contributed by atoms with Gasteiger partial charge in [0.15, 0.2) is 6.10 Å². The zero-order chi connectivity index (χ0) is 17.0. The van der Waals surface area contributed by atoms with Crippen molar-refractivity contribution < 1.29 is 9.53 Å². The van der Waals surface area contributed by atoms with Crippen LogP contribution < -0.4 is 10.1 Å². The SMILES string of the molecule is Cc1ccc(C(C)C)c(O[C@@H](C)C(=O)Nc2cccc(Br)c2)c1. The van der Waals surface area contributed by atoms with Gasteiger partial charge in [-0.05, 0) is 55.2 Å². The highest BCUT2D eigenvalue weighted by Gasteiger charge is 2.17. The van der Waals surface area contributed by atoms with Gasteiger partial charge in [0.05, 0.1) is 0 Å². The highest BCUT2D eigenvalue weighted by Crippen LogP contribution is 2.28. The van der Waals surface area contributed by atoms with Crippen molar-refractivity contribution >= 4 is 27.5 Å². The van der Waals surface area contributed by atoms with Crippen molar-refractivity contribution in [1.29, 1.82) is 0 Å². The minimum Gasteiger partial charge on any atom is -0.481 e. The second-order valence-electron chi connectivity index (χ2n) is 5.96. The van der Waals surface area contributed by atoms with Crippen LogP contribution in [0.5, 0.6) is 5.75 Å². The first-order chi connectivity index (χ1) is 10.9. The van der Waals surface area contributed by atoms with Gasteiger partial charge in [-0.2, -0.15) is 0 Å². The summed E-state index contributed by atoms with van der Waals surface area (Å²) in [5, 5.41) is 2.87. The van der Waals surface area contributed by atoms with Crippen LogP contribution in [-0.2, 0) is 4.79 Å². The quantitative estimate of drug-likeness (QED) is 0.770. The topological polar surface area (TPSA) is 38.3 Å². The number of ether oxygens (including phenoxy) is 1. The lowest BCUT2D eigenvalue weighted by Crippen LogP contribution is -2.30. The molecule has 23 heavy (non-hydrogen) atoms. The Bertz CT molecular complexity index is 698. The summed E-state index contributed by atoms with van der Waals surface area (Å²) in [6.07, 6.45) is -0.576. The zero-order valence-corrected chi connectivity index (χ0v) is 15.5. The molecule has 0 saturated heterocycles. The van der Waals surface area contributed by atoms with E-state index in [0.717, 1.165) is 27.0 Å². The second-order valence-corrected chi connectivity index (χ2v) is 6.87. The van der Waals surface area contributed by atoms with Crippen LogP contribution in [0.4, 0.5) is 5.69 Å². The molecule has 0 aromatic heterocycles. The summed E-state index contributed by atoms with van der Waals surface area (Å²) in [5.41, 5.74) is 2.97. The van der Waals surface area contributed by atoms with Crippen LogP contribution in [0.3, 0.4) is 0 Å². The van der Waals surface area contributed by atoms with Crippen LogP contribution in [0.15, 0.2) is 46.9 Å². The van der Waals surface area contributed by atoms with E-state index in [9.17, 15) is 4.79 Å².